The third kappa shape index (κ3) is 4.57. The molecule has 0 radical (unpaired) electrons. The molecule has 0 atom stereocenters. The van der Waals surface area contributed by atoms with Crippen LogP contribution < -0.4 is 0 Å². The van der Waals surface area contributed by atoms with Crippen LogP contribution in [0.25, 0.3) is 66.1 Å². The fraction of sp³-hybridized carbons (Fsp3) is 0.211. The zero-order valence-electron chi connectivity index (χ0n) is 25.0. The molecule has 0 saturated carbocycles. The van der Waals surface area contributed by atoms with Gasteiger partial charge in [0.25, 0.3) is 0 Å². The first kappa shape index (κ1) is 26.2. The van der Waals surface area contributed by atoms with Gasteiger partial charge in [0.1, 0.15) is 0 Å². The second-order valence-electron chi connectivity index (χ2n) is 13.3. The van der Waals surface area contributed by atoms with Crippen molar-refractivity contribution in [1.29, 1.82) is 0 Å². The van der Waals surface area contributed by atoms with Crippen molar-refractivity contribution in [3.05, 3.63) is 108 Å². The van der Waals surface area contributed by atoms with Crippen LogP contribution in [0.3, 0.4) is 0 Å². The van der Waals surface area contributed by atoms with Gasteiger partial charge in [0.2, 0.25) is 0 Å². The molecule has 0 N–H and O–H groups in total. The molecule has 4 heteroatoms. The van der Waals surface area contributed by atoms with Gasteiger partial charge in [-0.3, -0.25) is 0 Å². The summed E-state index contributed by atoms with van der Waals surface area (Å²) in [6, 6.07) is 34.1. The normalized spacial score (nSPS) is 12.5. The van der Waals surface area contributed by atoms with Gasteiger partial charge in [0.15, 0.2) is 0 Å². The number of pyridine rings is 4. The summed E-state index contributed by atoms with van der Waals surface area (Å²) in [6.07, 6.45) is 0. The lowest BCUT2D eigenvalue weighted by Gasteiger charge is -2.18. The molecular weight excluding hydrogens is 512 g/mol. The Labute approximate surface area is 246 Å². The van der Waals surface area contributed by atoms with Crippen molar-refractivity contribution in [2.75, 3.05) is 0 Å². The maximum absolute atomic E-state index is 5.12. The quantitative estimate of drug-likeness (QED) is 0.203. The van der Waals surface area contributed by atoms with Crippen LogP contribution in [0, 0.1) is 0 Å². The molecule has 0 aliphatic carbocycles. The van der Waals surface area contributed by atoms with Crippen LogP contribution in [0.15, 0.2) is 97.1 Å². The molecule has 42 heavy (non-hydrogen) atoms. The topological polar surface area (TPSA) is 51.6 Å². The summed E-state index contributed by atoms with van der Waals surface area (Å²) in [5.74, 6) is 0. The maximum atomic E-state index is 5.12. The van der Waals surface area contributed by atoms with Gasteiger partial charge >= 0.3 is 0 Å². The predicted octanol–water partition coefficient (Wildman–Crippen LogP) is 9.81. The second kappa shape index (κ2) is 9.42. The van der Waals surface area contributed by atoms with Gasteiger partial charge in [-0.25, -0.2) is 19.9 Å². The fourth-order valence-electron chi connectivity index (χ4n) is 5.50. The van der Waals surface area contributed by atoms with E-state index in [-0.39, 0.29) is 10.8 Å². The SMILES string of the molecule is CC(C)(C)c1ccc2ccc3ccc(-c4ccc(-c5ccc6ccc7ccc(C(C)(C)C)nc7c6n5)cc4)nc3c2n1. The Hall–Kier alpha value is -4.70. The summed E-state index contributed by atoms with van der Waals surface area (Å²) in [4.78, 5) is 20.3. The number of hydrogen-bond donors (Lipinski definition) is 0. The zero-order valence-corrected chi connectivity index (χ0v) is 25.0. The Balaban J connectivity index is 1.29. The first-order chi connectivity index (χ1) is 20.0. The summed E-state index contributed by atoms with van der Waals surface area (Å²) in [5.41, 5.74) is 9.84. The van der Waals surface area contributed by atoms with Gasteiger partial charge in [0.05, 0.1) is 33.5 Å². The number of rotatable bonds is 2. The van der Waals surface area contributed by atoms with Gasteiger partial charge in [-0.1, -0.05) is 114 Å². The Kier molecular flexibility index (Phi) is 5.88. The summed E-state index contributed by atoms with van der Waals surface area (Å²) in [5, 5.41) is 4.40. The van der Waals surface area contributed by atoms with Gasteiger partial charge in [0, 0.05) is 54.9 Å². The molecule has 0 fully saturated rings. The van der Waals surface area contributed by atoms with Crippen LogP contribution in [-0.4, -0.2) is 19.9 Å². The number of aromatic nitrogens is 4. The molecule has 4 aromatic heterocycles. The molecule has 7 aromatic rings. The second-order valence-corrected chi connectivity index (χ2v) is 13.3. The van der Waals surface area contributed by atoms with Gasteiger partial charge in [-0.15, -0.1) is 0 Å². The Morgan fingerprint density at radius 2 is 0.619 bits per heavy atom. The monoisotopic (exact) mass is 546 g/mol. The van der Waals surface area contributed by atoms with E-state index in [1.807, 2.05) is 0 Å². The standard InChI is InChI=1S/C38H34N4/c1-37(2,3)31-21-17-27-13-11-25-15-19-29(39-33(25)35(27)41-31)23-7-9-24(10-8-23)30-20-16-26-12-14-28-18-22-32(38(4,5)6)42-36(28)34(26)40-30/h7-22H,1-6H3. The van der Waals surface area contributed by atoms with E-state index in [0.717, 1.165) is 77.5 Å². The van der Waals surface area contributed by atoms with E-state index < -0.39 is 0 Å². The average molecular weight is 547 g/mol. The lowest BCUT2D eigenvalue weighted by atomic mass is 9.91. The molecule has 0 aliphatic heterocycles. The fourth-order valence-corrected chi connectivity index (χ4v) is 5.50. The van der Waals surface area contributed by atoms with Crippen molar-refractivity contribution < 1.29 is 0 Å². The van der Waals surface area contributed by atoms with Crippen molar-refractivity contribution in [2.24, 2.45) is 0 Å². The number of fused-ring (bicyclic) bond motifs is 6. The third-order valence-electron chi connectivity index (χ3n) is 8.05. The van der Waals surface area contributed by atoms with Crippen LogP contribution in [-0.2, 0) is 10.8 Å². The first-order valence-corrected chi connectivity index (χ1v) is 14.6. The highest BCUT2D eigenvalue weighted by molar-refractivity contribution is 6.04. The van der Waals surface area contributed by atoms with E-state index in [1.54, 1.807) is 0 Å². The molecule has 0 unspecified atom stereocenters. The largest absolute Gasteiger partial charge is 0.250 e. The van der Waals surface area contributed by atoms with Crippen LogP contribution in [0.4, 0.5) is 0 Å². The molecule has 0 spiro atoms. The lowest BCUT2D eigenvalue weighted by molar-refractivity contribution is 0.571. The molecule has 0 amide bonds. The molecule has 0 bridgehead atoms. The molecule has 206 valence electrons. The molecular formula is C38H34N4. The molecule has 3 aromatic carbocycles. The number of nitrogens with zero attached hydrogens (tertiary/aromatic N) is 4. The average Bonchev–Trinajstić information content (AvgIpc) is 2.99. The van der Waals surface area contributed by atoms with Crippen LogP contribution in [0.2, 0.25) is 0 Å². The molecule has 0 aliphatic rings. The Morgan fingerprint density at radius 3 is 0.952 bits per heavy atom. The van der Waals surface area contributed by atoms with E-state index in [0.29, 0.717) is 0 Å². The highest BCUT2D eigenvalue weighted by Gasteiger charge is 2.18. The van der Waals surface area contributed by atoms with Crippen molar-refractivity contribution in [3.8, 4) is 22.5 Å². The van der Waals surface area contributed by atoms with E-state index >= 15 is 0 Å². The smallest absolute Gasteiger partial charge is 0.0972 e. The van der Waals surface area contributed by atoms with Gasteiger partial charge in [-0.2, -0.15) is 0 Å². The Bertz CT molecular complexity index is 1990. The van der Waals surface area contributed by atoms with Crippen LogP contribution in [0.1, 0.15) is 52.9 Å². The summed E-state index contributed by atoms with van der Waals surface area (Å²) in [7, 11) is 0. The highest BCUT2D eigenvalue weighted by atomic mass is 14.8. The van der Waals surface area contributed by atoms with E-state index in [9.17, 15) is 0 Å². The summed E-state index contributed by atoms with van der Waals surface area (Å²) < 4.78 is 0. The predicted molar refractivity (Wildman–Crippen MR) is 176 cm³/mol. The van der Waals surface area contributed by atoms with Crippen LogP contribution >= 0.6 is 0 Å². The van der Waals surface area contributed by atoms with E-state index in [2.05, 4.69) is 139 Å². The van der Waals surface area contributed by atoms with E-state index in [1.165, 1.54) is 0 Å². The van der Waals surface area contributed by atoms with Crippen molar-refractivity contribution in [1.82, 2.24) is 19.9 Å². The van der Waals surface area contributed by atoms with Crippen molar-refractivity contribution >= 4 is 43.6 Å². The van der Waals surface area contributed by atoms with Crippen molar-refractivity contribution in [3.63, 3.8) is 0 Å². The van der Waals surface area contributed by atoms with Crippen LogP contribution in [0.5, 0.6) is 0 Å². The summed E-state index contributed by atoms with van der Waals surface area (Å²) in [6.45, 7) is 13.2. The van der Waals surface area contributed by atoms with Gasteiger partial charge in [-0.05, 0) is 24.3 Å². The van der Waals surface area contributed by atoms with Crippen molar-refractivity contribution in [2.45, 2.75) is 52.4 Å². The first-order valence-electron chi connectivity index (χ1n) is 14.6. The Morgan fingerprint density at radius 1 is 0.333 bits per heavy atom. The minimum atomic E-state index is -0.0299. The number of benzene rings is 3. The molecule has 0 saturated heterocycles. The summed E-state index contributed by atoms with van der Waals surface area (Å²) >= 11 is 0. The minimum absolute atomic E-state index is 0.0299. The minimum Gasteiger partial charge on any atom is -0.250 e. The number of hydrogen-bond acceptors (Lipinski definition) is 4. The van der Waals surface area contributed by atoms with E-state index in [4.69, 9.17) is 19.9 Å². The maximum Gasteiger partial charge on any atom is 0.0972 e. The third-order valence-corrected chi connectivity index (χ3v) is 8.05. The molecule has 7 rings (SSSR count). The lowest BCUT2D eigenvalue weighted by Crippen LogP contribution is -2.13. The molecule has 4 nitrogen and oxygen atoms in total. The van der Waals surface area contributed by atoms with Gasteiger partial charge < -0.3 is 0 Å². The highest BCUT2D eigenvalue weighted by Crippen LogP contribution is 2.32. The molecule has 4 heterocycles. The zero-order chi connectivity index (χ0) is 29.2.